The van der Waals surface area contributed by atoms with Crippen molar-refractivity contribution in [3.05, 3.63) is 24.3 Å². The van der Waals surface area contributed by atoms with Crippen LogP contribution in [0.25, 0.3) is 0 Å². The van der Waals surface area contributed by atoms with Crippen molar-refractivity contribution in [2.75, 3.05) is 46.9 Å². The highest BCUT2D eigenvalue weighted by molar-refractivity contribution is 5.79. The highest BCUT2D eigenvalue weighted by Gasteiger charge is 2.18. The maximum absolute atomic E-state index is 5.94. The Balaban J connectivity index is 1.72. The van der Waals surface area contributed by atoms with Gasteiger partial charge < -0.3 is 25.0 Å². The van der Waals surface area contributed by atoms with Crippen LogP contribution in [-0.2, 0) is 0 Å². The molecule has 0 saturated carbocycles. The molecule has 2 N–H and O–H groups in total. The van der Waals surface area contributed by atoms with E-state index in [-0.39, 0.29) is 6.10 Å². The minimum Gasteiger partial charge on any atom is -0.497 e. The van der Waals surface area contributed by atoms with Crippen molar-refractivity contribution >= 4 is 5.96 Å². The van der Waals surface area contributed by atoms with Gasteiger partial charge in [-0.3, -0.25) is 4.99 Å². The minimum atomic E-state index is 0.0194. The van der Waals surface area contributed by atoms with Gasteiger partial charge in [-0.05, 0) is 50.9 Å². The lowest BCUT2D eigenvalue weighted by Crippen LogP contribution is -2.46. The van der Waals surface area contributed by atoms with Gasteiger partial charge in [-0.25, -0.2) is 0 Å². The van der Waals surface area contributed by atoms with E-state index in [0.29, 0.717) is 12.5 Å². The van der Waals surface area contributed by atoms with E-state index in [1.807, 2.05) is 38.2 Å². The van der Waals surface area contributed by atoms with Crippen LogP contribution in [0, 0.1) is 5.92 Å². The fourth-order valence-electron chi connectivity index (χ4n) is 3.26. The Morgan fingerprint density at radius 2 is 2.15 bits per heavy atom. The molecule has 0 aromatic heterocycles. The Kier molecular flexibility index (Phi) is 8.54. The van der Waals surface area contributed by atoms with Crippen LogP contribution >= 0.6 is 0 Å². The number of ether oxygens (including phenoxy) is 2. The Morgan fingerprint density at radius 1 is 1.35 bits per heavy atom. The molecule has 2 unspecified atom stereocenters. The van der Waals surface area contributed by atoms with Crippen molar-refractivity contribution in [3.8, 4) is 11.5 Å². The van der Waals surface area contributed by atoms with Crippen molar-refractivity contribution in [1.82, 2.24) is 15.5 Å². The zero-order valence-corrected chi connectivity index (χ0v) is 16.6. The largest absolute Gasteiger partial charge is 0.497 e. The molecule has 0 aliphatic carbocycles. The average molecular weight is 363 g/mol. The molecule has 1 saturated heterocycles. The maximum Gasteiger partial charge on any atom is 0.191 e. The number of nitrogens with zero attached hydrogens (tertiary/aromatic N) is 2. The van der Waals surface area contributed by atoms with Gasteiger partial charge in [-0.15, -0.1) is 0 Å². The smallest absolute Gasteiger partial charge is 0.191 e. The van der Waals surface area contributed by atoms with Crippen LogP contribution in [0.15, 0.2) is 29.3 Å². The van der Waals surface area contributed by atoms with E-state index < -0.39 is 0 Å². The molecule has 6 heteroatoms. The van der Waals surface area contributed by atoms with E-state index in [4.69, 9.17) is 9.47 Å². The molecule has 26 heavy (non-hydrogen) atoms. The molecule has 0 spiro atoms. The first-order valence-electron chi connectivity index (χ1n) is 9.62. The molecule has 1 aliphatic rings. The predicted octanol–water partition coefficient (Wildman–Crippen LogP) is 2.36. The summed E-state index contributed by atoms with van der Waals surface area (Å²) >= 11 is 0. The van der Waals surface area contributed by atoms with Gasteiger partial charge in [-0.1, -0.05) is 13.0 Å². The molecule has 0 bridgehead atoms. The molecule has 1 heterocycles. The zero-order chi connectivity index (χ0) is 18.8. The number of rotatable bonds is 8. The Morgan fingerprint density at radius 3 is 2.88 bits per heavy atom. The minimum absolute atomic E-state index is 0.0194. The Hall–Kier alpha value is -1.95. The van der Waals surface area contributed by atoms with Crippen molar-refractivity contribution in [3.63, 3.8) is 0 Å². The second-order valence-electron chi connectivity index (χ2n) is 6.84. The first kappa shape index (κ1) is 20.4. The van der Waals surface area contributed by atoms with Crippen LogP contribution < -0.4 is 20.1 Å². The number of methoxy groups -OCH3 is 1. The Labute approximate surface area is 158 Å². The van der Waals surface area contributed by atoms with Gasteiger partial charge in [0.15, 0.2) is 5.96 Å². The third-order valence-electron chi connectivity index (χ3n) is 4.77. The van der Waals surface area contributed by atoms with E-state index in [1.54, 1.807) is 7.11 Å². The summed E-state index contributed by atoms with van der Waals surface area (Å²) in [5, 5.41) is 6.81. The fourth-order valence-corrected chi connectivity index (χ4v) is 3.26. The quantitative estimate of drug-likeness (QED) is 0.549. The van der Waals surface area contributed by atoms with Gasteiger partial charge in [0.05, 0.1) is 13.7 Å². The highest BCUT2D eigenvalue weighted by atomic mass is 16.5. The van der Waals surface area contributed by atoms with Crippen LogP contribution in [0.2, 0.25) is 0 Å². The summed E-state index contributed by atoms with van der Waals surface area (Å²) in [7, 11) is 3.47. The number of hydrogen-bond donors (Lipinski definition) is 2. The summed E-state index contributed by atoms with van der Waals surface area (Å²) in [5.41, 5.74) is 0. The second kappa shape index (κ2) is 10.9. The molecule has 0 radical (unpaired) electrons. The number of hydrogen-bond acceptors (Lipinski definition) is 4. The van der Waals surface area contributed by atoms with Crippen molar-refractivity contribution in [1.29, 1.82) is 0 Å². The summed E-state index contributed by atoms with van der Waals surface area (Å²) in [6, 6.07) is 7.67. The van der Waals surface area contributed by atoms with Crippen molar-refractivity contribution in [2.24, 2.45) is 10.9 Å². The lowest BCUT2D eigenvalue weighted by molar-refractivity contribution is 0.183. The van der Waals surface area contributed by atoms with E-state index in [1.165, 1.54) is 25.9 Å². The first-order chi connectivity index (χ1) is 12.6. The number of piperidine rings is 1. The number of aliphatic imine (C=N–C) groups is 1. The van der Waals surface area contributed by atoms with Crippen LogP contribution in [0.1, 0.15) is 26.7 Å². The summed E-state index contributed by atoms with van der Waals surface area (Å²) in [5.74, 6) is 3.13. The van der Waals surface area contributed by atoms with Gasteiger partial charge in [0, 0.05) is 26.2 Å². The molecule has 2 atom stereocenters. The number of nitrogens with one attached hydrogen (secondary N) is 2. The van der Waals surface area contributed by atoms with Crippen LogP contribution in [0.4, 0.5) is 0 Å². The molecule has 1 aliphatic heterocycles. The number of benzene rings is 1. The standard InChI is InChI=1S/C20H34N4O2/c1-5-24-11-7-8-17(15-24)14-23-20(21-3)22-13-16(2)26-19-10-6-9-18(12-19)25-4/h6,9-10,12,16-17H,5,7-8,11,13-15H2,1-4H3,(H2,21,22,23). The highest BCUT2D eigenvalue weighted by Crippen LogP contribution is 2.19. The summed E-state index contributed by atoms with van der Waals surface area (Å²) in [6.45, 7) is 9.47. The van der Waals surface area contributed by atoms with Crippen LogP contribution in [0.3, 0.4) is 0 Å². The number of guanidine groups is 1. The predicted molar refractivity (Wildman–Crippen MR) is 107 cm³/mol. The molecular weight excluding hydrogens is 328 g/mol. The summed E-state index contributed by atoms with van der Waals surface area (Å²) in [4.78, 5) is 6.85. The lowest BCUT2D eigenvalue weighted by Gasteiger charge is -2.32. The maximum atomic E-state index is 5.94. The van der Waals surface area contributed by atoms with Gasteiger partial charge in [-0.2, -0.15) is 0 Å². The fraction of sp³-hybridized carbons (Fsp3) is 0.650. The lowest BCUT2D eigenvalue weighted by atomic mass is 9.98. The first-order valence-corrected chi connectivity index (χ1v) is 9.62. The van der Waals surface area contributed by atoms with Crippen LogP contribution in [0.5, 0.6) is 11.5 Å². The van der Waals surface area contributed by atoms with E-state index in [2.05, 4.69) is 27.4 Å². The molecule has 146 valence electrons. The molecule has 2 rings (SSSR count). The monoisotopic (exact) mass is 362 g/mol. The third-order valence-corrected chi connectivity index (χ3v) is 4.77. The van der Waals surface area contributed by atoms with Gasteiger partial charge in [0.2, 0.25) is 0 Å². The van der Waals surface area contributed by atoms with E-state index >= 15 is 0 Å². The summed E-state index contributed by atoms with van der Waals surface area (Å²) < 4.78 is 11.2. The summed E-state index contributed by atoms with van der Waals surface area (Å²) in [6.07, 6.45) is 2.60. The van der Waals surface area contributed by atoms with Gasteiger partial charge in [0.25, 0.3) is 0 Å². The topological polar surface area (TPSA) is 58.1 Å². The number of likely N-dealkylation sites (tertiary alicyclic amines) is 1. The van der Waals surface area contributed by atoms with Crippen LogP contribution in [-0.4, -0.2) is 63.8 Å². The molecule has 1 fully saturated rings. The molecule has 6 nitrogen and oxygen atoms in total. The SMILES string of the molecule is CCN1CCCC(CNC(=NC)NCC(C)Oc2cccc(OC)c2)C1. The Bertz CT molecular complexity index is 564. The average Bonchev–Trinajstić information content (AvgIpc) is 2.68. The normalized spacial score (nSPS) is 19.7. The second-order valence-corrected chi connectivity index (χ2v) is 6.84. The third kappa shape index (κ3) is 6.75. The molecular formula is C20H34N4O2. The van der Waals surface area contributed by atoms with Crippen molar-refractivity contribution in [2.45, 2.75) is 32.8 Å². The van der Waals surface area contributed by atoms with Gasteiger partial charge >= 0.3 is 0 Å². The van der Waals surface area contributed by atoms with Gasteiger partial charge in [0.1, 0.15) is 17.6 Å². The van der Waals surface area contributed by atoms with E-state index in [0.717, 1.165) is 30.5 Å². The molecule has 0 amide bonds. The molecule has 1 aromatic rings. The zero-order valence-electron chi connectivity index (χ0n) is 16.6. The molecule has 1 aromatic carbocycles. The van der Waals surface area contributed by atoms with E-state index in [9.17, 15) is 0 Å². The van der Waals surface area contributed by atoms with Crippen molar-refractivity contribution < 1.29 is 9.47 Å².